The summed E-state index contributed by atoms with van der Waals surface area (Å²) in [5, 5.41) is 12.3. The molecule has 0 aliphatic heterocycles. The number of rotatable bonds is 4. The van der Waals surface area contributed by atoms with Crippen LogP contribution in [-0.4, -0.2) is 17.8 Å². The number of benzene rings is 1. The molecule has 0 aliphatic rings. The van der Waals surface area contributed by atoms with Gasteiger partial charge in [-0.2, -0.15) is 0 Å². The number of hydrogen-bond acceptors (Lipinski definition) is 3. The van der Waals surface area contributed by atoms with Crippen molar-refractivity contribution in [1.29, 1.82) is 0 Å². The highest BCUT2D eigenvalue weighted by Crippen LogP contribution is 2.17. The summed E-state index contributed by atoms with van der Waals surface area (Å²) in [6, 6.07) is 5.77. The van der Waals surface area contributed by atoms with E-state index in [1.54, 1.807) is 6.92 Å². The Balaban J connectivity index is 2.51. The Bertz CT molecular complexity index is 297. The predicted octanol–water partition coefficient (Wildman–Crippen LogP) is 1.76. The van der Waals surface area contributed by atoms with Crippen molar-refractivity contribution in [3.8, 4) is 0 Å². The van der Waals surface area contributed by atoms with Gasteiger partial charge in [-0.25, -0.2) is 0 Å². The fourth-order valence-electron chi connectivity index (χ4n) is 1.30. The molecule has 1 unspecified atom stereocenters. The van der Waals surface area contributed by atoms with Crippen molar-refractivity contribution in [1.82, 2.24) is 0 Å². The first-order valence-corrected chi connectivity index (χ1v) is 4.87. The van der Waals surface area contributed by atoms with Crippen LogP contribution in [0.3, 0.4) is 0 Å². The zero-order valence-electron chi connectivity index (χ0n) is 8.75. The van der Waals surface area contributed by atoms with E-state index in [1.165, 1.54) is 0 Å². The molecule has 1 aromatic carbocycles. The molecule has 4 N–H and O–H groups in total. The molecule has 0 radical (unpaired) electrons. The topological polar surface area (TPSA) is 58.3 Å². The second-order valence-electron chi connectivity index (χ2n) is 3.64. The number of nitrogens with two attached hydrogens (primary N) is 1. The molecular formula is C11H18N2O. The highest BCUT2D eigenvalue weighted by molar-refractivity contribution is 5.57. The van der Waals surface area contributed by atoms with Crippen molar-refractivity contribution >= 4 is 11.4 Å². The molecule has 0 amide bonds. The van der Waals surface area contributed by atoms with Crippen LogP contribution in [0.1, 0.15) is 18.9 Å². The van der Waals surface area contributed by atoms with Crippen LogP contribution in [0.2, 0.25) is 0 Å². The predicted molar refractivity (Wildman–Crippen MR) is 60.4 cm³/mol. The monoisotopic (exact) mass is 194 g/mol. The number of hydrogen-bond donors (Lipinski definition) is 3. The average molecular weight is 194 g/mol. The van der Waals surface area contributed by atoms with E-state index in [9.17, 15) is 0 Å². The summed E-state index contributed by atoms with van der Waals surface area (Å²) in [5.74, 6) is 0. The standard InChI is InChI=1S/C11H18N2O/c1-8-7-10(12)3-4-11(8)13-6-5-9(2)14/h3-4,7,9,13-14H,5-6,12H2,1-2H3. The van der Waals surface area contributed by atoms with Gasteiger partial charge in [0, 0.05) is 17.9 Å². The summed E-state index contributed by atoms with van der Waals surface area (Å²) < 4.78 is 0. The van der Waals surface area contributed by atoms with Crippen LogP contribution in [0, 0.1) is 6.92 Å². The minimum Gasteiger partial charge on any atom is -0.399 e. The van der Waals surface area contributed by atoms with E-state index in [0.29, 0.717) is 0 Å². The third kappa shape index (κ3) is 3.26. The van der Waals surface area contributed by atoms with Gasteiger partial charge < -0.3 is 16.2 Å². The molecule has 3 nitrogen and oxygen atoms in total. The first kappa shape index (κ1) is 10.9. The maximum absolute atomic E-state index is 9.08. The van der Waals surface area contributed by atoms with Crippen molar-refractivity contribution in [2.45, 2.75) is 26.4 Å². The van der Waals surface area contributed by atoms with E-state index in [4.69, 9.17) is 10.8 Å². The first-order chi connectivity index (χ1) is 6.59. The molecule has 0 saturated heterocycles. The molecule has 0 aliphatic carbocycles. The van der Waals surface area contributed by atoms with Crippen molar-refractivity contribution in [2.24, 2.45) is 0 Å². The Morgan fingerprint density at radius 3 is 2.79 bits per heavy atom. The van der Waals surface area contributed by atoms with E-state index < -0.39 is 0 Å². The van der Waals surface area contributed by atoms with Crippen LogP contribution >= 0.6 is 0 Å². The fourth-order valence-corrected chi connectivity index (χ4v) is 1.30. The largest absolute Gasteiger partial charge is 0.399 e. The van der Waals surface area contributed by atoms with Gasteiger partial charge in [0.05, 0.1) is 6.10 Å². The van der Waals surface area contributed by atoms with Crippen LogP contribution in [-0.2, 0) is 0 Å². The van der Waals surface area contributed by atoms with Crippen LogP contribution in [0.15, 0.2) is 18.2 Å². The molecule has 78 valence electrons. The zero-order valence-corrected chi connectivity index (χ0v) is 8.75. The van der Waals surface area contributed by atoms with Crippen molar-refractivity contribution < 1.29 is 5.11 Å². The fraction of sp³-hybridized carbons (Fsp3) is 0.455. The summed E-state index contributed by atoms with van der Waals surface area (Å²) >= 11 is 0. The van der Waals surface area contributed by atoms with Crippen molar-refractivity contribution in [3.63, 3.8) is 0 Å². The molecule has 0 spiro atoms. The molecule has 14 heavy (non-hydrogen) atoms. The van der Waals surface area contributed by atoms with Crippen LogP contribution in [0.25, 0.3) is 0 Å². The summed E-state index contributed by atoms with van der Waals surface area (Å²) in [5.41, 5.74) is 8.64. The Kier molecular flexibility index (Phi) is 3.77. The van der Waals surface area contributed by atoms with E-state index in [0.717, 1.165) is 29.9 Å². The number of nitrogens with one attached hydrogen (secondary N) is 1. The van der Waals surface area contributed by atoms with E-state index in [-0.39, 0.29) is 6.10 Å². The summed E-state index contributed by atoms with van der Waals surface area (Å²) in [6.07, 6.45) is 0.501. The number of nitrogen functional groups attached to an aromatic ring is 1. The van der Waals surface area contributed by atoms with Gasteiger partial charge in [0.25, 0.3) is 0 Å². The maximum atomic E-state index is 9.08. The Hall–Kier alpha value is -1.22. The summed E-state index contributed by atoms with van der Waals surface area (Å²) in [4.78, 5) is 0. The molecular weight excluding hydrogens is 176 g/mol. The van der Waals surface area contributed by atoms with Gasteiger partial charge in [-0.05, 0) is 44.0 Å². The van der Waals surface area contributed by atoms with E-state index in [2.05, 4.69) is 5.32 Å². The number of anilines is 2. The lowest BCUT2D eigenvalue weighted by Crippen LogP contribution is -2.10. The smallest absolute Gasteiger partial charge is 0.0528 e. The van der Waals surface area contributed by atoms with Gasteiger partial charge in [-0.15, -0.1) is 0 Å². The van der Waals surface area contributed by atoms with Crippen LogP contribution < -0.4 is 11.1 Å². The first-order valence-electron chi connectivity index (χ1n) is 4.87. The highest BCUT2D eigenvalue weighted by atomic mass is 16.3. The molecule has 1 aromatic rings. The van der Waals surface area contributed by atoms with E-state index >= 15 is 0 Å². The average Bonchev–Trinajstić information content (AvgIpc) is 2.08. The molecule has 0 heterocycles. The maximum Gasteiger partial charge on any atom is 0.0528 e. The molecule has 0 fully saturated rings. The SMILES string of the molecule is Cc1cc(N)ccc1NCCC(C)O. The lowest BCUT2D eigenvalue weighted by atomic mass is 10.1. The Morgan fingerprint density at radius 1 is 1.50 bits per heavy atom. The summed E-state index contributed by atoms with van der Waals surface area (Å²) in [7, 11) is 0. The normalized spacial score (nSPS) is 12.5. The van der Waals surface area contributed by atoms with Gasteiger partial charge in [-0.1, -0.05) is 0 Å². The highest BCUT2D eigenvalue weighted by Gasteiger charge is 1.99. The van der Waals surface area contributed by atoms with Gasteiger partial charge in [-0.3, -0.25) is 0 Å². The number of aliphatic hydroxyl groups is 1. The van der Waals surface area contributed by atoms with Crippen molar-refractivity contribution in [3.05, 3.63) is 23.8 Å². The Labute approximate surface area is 84.9 Å². The molecule has 1 rings (SSSR count). The lowest BCUT2D eigenvalue weighted by Gasteiger charge is -2.10. The third-order valence-electron chi connectivity index (χ3n) is 2.13. The second-order valence-corrected chi connectivity index (χ2v) is 3.64. The number of aliphatic hydroxyl groups excluding tert-OH is 1. The van der Waals surface area contributed by atoms with Crippen LogP contribution in [0.4, 0.5) is 11.4 Å². The number of aryl methyl sites for hydroxylation is 1. The lowest BCUT2D eigenvalue weighted by molar-refractivity contribution is 0.189. The molecule has 1 atom stereocenters. The second kappa shape index (κ2) is 4.86. The van der Waals surface area contributed by atoms with Crippen molar-refractivity contribution in [2.75, 3.05) is 17.6 Å². The van der Waals surface area contributed by atoms with Gasteiger partial charge >= 0.3 is 0 Å². The Morgan fingerprint density at radius 2 is 2.21 bits per heavy atom. The van der Waals surface area contributed by atoms with Crippen LogP contribution in [0.5, 0.6) is 0 Å². The minimum atomic E-state index is -0.253. The zero-order chi connectivity index (χ0) is 10.6. The molecule has 3 heteroatoms. The third-order valence-corrected chi connectivity index (χ3v) is 2.13. The molecule has 0 saturated carbocycles. The van der Waals surface area contributed by atoms with E-state index in [1.807, 2.05) is 25.1 Å². The van der Waals surface area contributed by atoms with Gasteiger partial charge in [0.2, 0.25) is 0 Å². The van der Waals surface area contributed by atoms with Gasteiger partial charge in [0.1, 0.15) is 0 Å². The minimum absolute atomic E-state index is 0.253. The summed E-state index contributed by atoms with van der Waals surface area (Å²) in [6.45, 7) is 4.58. The quantitative estimate of drug-likeness (QED) is 0.640. The van der Waals surface area contributed by atoms with Gasteiger partial charge in [0.15, 0.2) is 0 Å². The molecule has 0 bridgehead atoms. The molecule has 0 aromatic heterocycles.